The van der Waals surface area contributed by atoms with E-state index in [2.05, 4.69) is 10.1 Å². The summed E-state index contributed by atoms with van der Waals surface area (Å²) in [7, 11) is 1.36. The zero-order chi connectivity index (χ0) is 16.5. The van der Waals surface area contributed by atoms with Gasteiger partial charge < -0.3 is 24.6 Å². The summed E-state index contributed by atoms with van der Waals surface area (Å²) in [5.41, 5.74) is 0. The highest BCUT2D eigenvalue weighted by Gasteiger charge is 2.24. The molecule has 1 aromatic carbocycles. The normalized spacial score (nSPS) is 14.3. The smallest absolute Gasteiger partial charge is 0.409 e. The van der Waals surface area contributed by atoms with Crippen LogP contribution in [0.4, 0.5) is 9.59 Å². The number of urea groups is 1. The van der Waals surface area contributed by atoms with E-state index in [9.17, 15) is 9.59 Å². The second kappa shape index (κ2) is 8.87. The quantitative estimate of drug-likeness (QED) is 0.835. The number of hydrogen-bond acceptors (Lipinski definition) is 4. The predicted octanol–water partition coefficient (Wildman–Crippen LogP) is 1.55. The number of benzene rings is 1. The molecule has 0 unspecified atom stereocenters. The van der Waals surface area contributed by atoms with Crippen LogP contribution in [0.2, 0.25) is 0 Å². The van der Waals surface area contributed by atoms with Crippen molar-refractivity contribution in [3.63, 3.8) is 0 Å². The Balaban J connectivity index is 1.58. The molecule has 0 atom stereocenters. The monoisotopic (exact) mass is 321 g/mol. The lowest BCUT2D eigenvalue weighted by Crippen LogP contribution is -2.53. The van der Waals surface area contributed by atoms with E-state index < -0.39 is 0 Å². The molecule has 7 heteroatoms. The lowest BCUT2D eigenvalue weighted by Gasteiger charge is -2.33. The van der Waals surface area contributed by atoms with Gasteiger partial charge in [-0.3, -0.25) is 0 Å². The van der Waals surface area contributed by atoms with Gasteiger partial charge in [-0.15, -0.1) is 0 Å². The maximum absolute atomic E-state index is 12.0. The third kappa shape index (κ3) is 5.36. The highest BCUT2D eigenvalue weighted by atomic mass is 16.5. The van der Waals surface area contributed by atoms with Gasteiger partial charge in [-0.2, -0.15) is 0 Å². The number of para-hydroxylation sites is 1. The van der Waals surface area contributed by atoms with Gasteiger partial charge in [0.1, 0.15) is 5.75 Å². The van der Waals surface area contributed by atoms with Crippen LogP contribution in [0.1, 0.15) is 6.42 Å². The van der Waals surface area contributed by atoms with Crippen molar-refractivity contribution in [3.05, 3.63) is 30.3 Å². The third-order valence-electron chi connectivity index (χ3n) is 3.61. The summed E-state index contributed by atoms with van der Waals surface area (Å²) in [6.07, 6.45) is 0.395. The van der Waals surface area contributed by atoms with Crippen LogP contribution in [0.15, 0.2) is 30.3 Å². The lowest BCUT2D eigenvalue weighted by molar-refractivity contribution is 0.0970. The van der Waals surface area contributed by atoms with Crippen molar-refractivity contribution in [3.8, 4) is 5.75 Å². The summed E-state index contributed by atoms with van der Waals surface area (Å²) in [4.78, 5) is 26.7. The van der Waals surface area contributed by atoms with E-state index in [0.717, 1.165) is 12.2 Å². The molecule has 1 aromatic rings. The number of hydrogen-bond donors (Lipinski definition) is 1. The predicted molar refractivity (Wildman–Crippen MR) is 85.5 cm³/mol. The highest BCUT2D eigenvalue weighted by Crippen LogP contribution is 2.08. The van der Waals surface area contributed by atoms with Crippen LogP contribution in [-0.2, 0) is 4.74 Å². The van der Waals surface area contributed by atoms with Crippen LogP contribution in [-0.4, -0.2) is 68.4 Å². The number of carbonyl (C=O) groups excluding carboxylic acids is 2. The SMILES string of the molecule is COC(=O)N1CCN(C(=O)NCCCOc2ccccc2)CC1. The number of methoxy groups -OCH3 is 1. The fourth-order valence-corrected chi connectivity index (χ4v) is 2.31. The Morgan fingerprint density at radius 3 is 2.39 bits per heavy atom. The van der Waals surface area contributed by atoms with E-state index >= 15 is 0 Å². The molecule has 0 spiro atoms. The van der Waals surface area contributed by atoms with Crippen molar-refractivity contribution in [1.29, 1.82) is 0 Å². The first-order valence-corrected chi connectivity index (χ1v) is 7.74. The highest BCUT2D eigenvalue weighted by molar-refractivity contribution is 5.74. The summed E-state index contributed by atoms with van der Waals surface area (Å²) in [5.74, 6) is 0.831. The number of rotatable bonds is 5. The van der Waals surface area contributed by atoms with Gasteiger partial charge >= 0.3 is 12.1 Å². The number of piperazine rings is 1. The van der Waals surface area contributed by atoms with Crippen LogP contribution < -0.4 is 10.1 Å². The Kier molecular flexibility index (Phi) is 6.53. The van der Waals surface area contributed by atoms with Crippen LogP contribution in [0.25, 0.3) is 0 Å². The van der Waals surface area contributed by atoms with Crippen LogP contribution in [0, 0.1) is 0 Å². The molecule has 126 valence electrons. The zero-order valence-electron chi connectivity index (χ0n) is 13.4. The van der Waals surface area contributed by atoms with Gasteiger partial charge in [0.05, 0.1) is 13.7 Å². The van der Waals surface area contributed by atoms with Crippen LogP contribution >= 0.6 is 0 Å². The first-order chi connectivity index (χ1) is 11.2. The summed E-state index contributed by atoms with van der Waals surface area (Å²) in [5, 5.41) is 2.87. The molecule has 0 radical (unpaired) electrons. The number of carbonyl (C=O) groups is 2. The van der Waals surface area contributed by atoms with Crippen molar-refractivity contribution in [2.45, 2.75) is 6.42 Å². The number of nitrogens with zero attached hydrogens (tertiary/aromatic N) is 2. The first-order valence-electron chi connectivity index (χ1n) is 7.74. The molecule has 23 heavy (non-hydrogen) atoms. The molecule has 7 nitrogen and oxygen atoms in total. The minimum absolute atomic E-state index is 0.103. The summed E-state index contributed by atoms with van der Waals surface area (Å²) >= 11 is 0. The molecule has 1 aliphatic rings. The average molecular weight is 321 g/mol. The van der Waals surface area contributed by atoms with Crippen molar-refractivity contribution in [1.82, 2.24) is 15.1 Å². The number of amides is 3. The molecule has 0 bridgehead atoms. The number of ether oxygens (including phenoxy) is 2. The lowest BCUT2D eigenvalue weighted by atomic mass is 10.3. The Hall–Kier alpha value is -2.44. The average Bonchev–Trinajstić information content (AvgIpc) is 2.61. The fourth-order valence-electron chi connectivity index (χ4n) is 2.31. The van der Waals surface area contributed by atoms with E-state index in [1.54, 1.807) is 9.80 Å². The van der Waals surface area contributed by atoms with Gasteiger partial charge in [-0.1, -0.05) is 18.2 Å². The maximum atomic E-state index is 12.0. The molecule has 1 fully saturated rings. The van der Waals surface area contributed by atoms with Crippen molar-refractivity contribution < 1.29 is 19.1 Å². The second-order valence-electron chi connectivity index (χ2n) is 5.19. The standard InChI is InChI=1S/C16H23N3O4/c1-22-16(21)19-11-9-18(10-12-19)15(20)17-8-5-13-23-14-6-3-2-4-7-14/h2-4,6-7H,5,8-13H2,1H3,(H,17,20). The Bertz CT molecular complexity index is 501. The largest absolute Gasteiger partial charge is 0.494 e. The van der Waals surface area contributed by atoms with Gasteiger partial charge in [0.2, 0.25) is 0 Å². The molecule has 1 heterocycles. The van der Waals surface area contributed by atoms with Gasteiger partial charge in [0.15, 0.2) is 0 Å². The van der Waals surface area contributed by atoms with E-state index in [1.165, 1.54) is 7.11 Å². The van der Waals surface area contributed by atoms with Crippen LogP contribution in [0.5, 0.6) is 5.75 Å². The van der Waals surface area contributed by atoms with E-state index in [4.69, 9.17) is 4.74 Å². The summed E-state index contributed by atoms with van der Waals surface area (Å²) in [6.45, 7) is 3.14. The molecule has 0 aromatic heterocycles. The maximum Gasteiger partial charge on any atom is 0.409 e. The van der Waals surface area contributed by atoms with Crippen molar-refractivity contribution in [2.75, 3.05) is 46.4 Å². The van der Waals surface area contributed by atoms with Crippen molar-refractivity contribution in [2.24, 2.45) is 0 Å². The van der Waals surface area contributed by atoms with Crippen LogP contribution in [0.3, 0.4) is 0 Å². The Labute approximate surface area is 136 Å². The second-order valence-corrected chi connectivity index (χ2v) is 5.19. The van der Waals surface area contributed by atoms with Gasteiger partial charge in [-0.05, 0) is 18.6 Å². The van der Waals surface area contributed by atoms with Gasteiger partial charge in [-0.25, -0.2) is 9.59 Å². The molecule has 3 amide bonds. The van der Waals surface area contributed by atoms with E-state index in [1.807, 2.05) is 30.3 Å². The molecular weight excluding hydrogens is 298 g/mol. The van der Waals surface area contributed by atoms with Crippen molar-refractivity contribution >= 4 is 12.1 Å². The molecule has 1 N–H and O–H groups in total. The summed E-state index contributed by atoms with van der Waals surface area (Å²) in [6, 6.07) is 9.48. The van der Waals surface area contributed by atoms with E-state index in [-0.39, 0.29) is 12.1 Å². The zero-order valence-corrected chi connectivity index (χ0v) is 13.4. The molecule has 0 aliphatic carbocycles. The molecule has 1 aliphatic heterocycles. The molecule has 2 rings (SSSR count). The minimum atomic E-state index is -0.344. The summed E-state index contributed by atoms with van der Waals surface area (Å²) < 4.78 is 10.2. The van der Waals surface area contributed by atoms with E-state index in [0.29, 0.717) is 39.3 Å². The topological polar surface area (TPSA) is 71.1 Å². The van der Waals surface area contributed by atoms with Gasteiger partial charge in [0, 0.05) is 32.7 Å². The molecule has 0 saturated carbocycles. The Morgan fingerprint density at radius 1 is 1.09 bits per heavy atom. The number of nitrogens with one attached hydrogen (secondary N) is 1. The fraction of sp³-hybridized carbons (Fsp3) is 0.500. The third-order valence-corrected chi connectivity index (χ3v) is 3.61. The Morgan fingerprint density at radius 2 is 1.74 bits per heavy atom. The minimum Gasteiger partial charge on any atom is -0.494 e. The van der Waals surface area contributed by atoms with Gasteiger partial charge in [0.25, 0.3) is 0 Å². The molecule has 1 saturated heterocycles. The molecular formula is C16H23N3O4. The first kappa shape index (κ1) is 16.9.